The zero-order valence-corrected chi connectivity index (χ0v) is 11.0. The lowest BCUT2D eigenvalue weighted by molar-refractivity contribution is 0.390. The lowest BCUT2D eigenvalue weighted by atomic mass is 10.4. The van der Waals surface area contributed by atoms with Crippen LogP contribution in [0.1, 0.15) is 18.4 Å². The Morgan fingerprint density at radius 3 is 2.44 bits per heavy atom. The number of nitrogens with one attached hydrogen (secondary N) is 1. The van der Waals surface area contributed by atoms with Gasteiger partial charge in [0.1, 0.15) is 10.6 Å². The van der Waals surface area contributed by atoms with Crippen LogP contribution in [0.4, 0.5) is 0 Å². The molecular formula is C8H16ClN3O3S. The molecule has 0 saturated carbocycles. The lowest BCUT2D eigenvalue weighted by Gasteiger charge is -2.11. The van der Waals surface area contributed by atoms with Crippen LogP contribution in [-0.4, -0.2) is 26.2 Å². The van der Waals surface area contributed by atoms with Gasteiger partial charge in [0.05, 0.1) is 0 Å². The molecule has 1 aromatic rings. The van der Waals surface area contributed by atoms with Crippen molar-refractivity contribution in [3.8, 4) is 0 Å². The van der Waals surface area contributed by atoms with Gasteiger partial charge in [0.15, 0.2) is 5.76 Å². The molecule has 0 radical (unpaired) electrons. The van der Waals surface area contributed by atoms with Crippen LogP contribution in [0, 0.1) is 13.8 Å². The lowest BCUT2D eigenvalue weighted by Crippen LogP contribution is -2.38. The Hall–Kier alpha value is -0.630. The van der Waals surface area contributed by atoms with E-state index >= 15 is 0 Å². The Bertz CT molecular complexity index is 424. The molecule has 94 valence electrons. The Labute approximate surface area is 101 Å². The summed E-state index contributed by atoms with van der Waals surface area (Å²) in [6, 6.07) is -0.316. The minimum Gasteiger partial charge on any atom is -0.360 e. The maximum atomic E-state index is 11.8. The number of aromatic nitrogens is 1. The molecule has 0 amide bonds. The molecule has 3 N–H and O–H groups in total. The topological polar surface area (TPSA) is 98.2 Å². The molecule has 1 aromatic heterocycles. The van der Waals surface area contributed by atoms with Gasteiger partial charge in [-0.3, -0.25) is 0 Å². The van der Waals surface area contributed by atoms with E-state index in [9.17, 15) is 8.42 Å². The van der Waals surface area contributed by atoms with Crippen LogP contribution in [-0.2, 0) is 10.0 Å². The summed E-state index contributed by atoms with van der Waals surface area (Å²) in [5.74, 6) is 0.282. The van der Waals surface area contributed by atoms with E-state index in [4.69, 9.17) is 10.3 Å². The zero-order chi connectivity index (χ0) is 11.6. The van der Waals surface area contributed by atoms with E-state index in [0.29, 0.717) is 5.69 Å². The second-order valence-electron chi connectivity index (χ2n) is 3.41. The van der Waals surface area contributed by atoms with Crippen molar-refractivity contribution in [1.82, 2.24) is 9.88 Å². The highest BCUT2D eigenvalue weighted by Crippen LogP contribution is 2.18. The monoisotopic (exact) mass is 269 g/mol. The number of nitrogens with zero attached hydrogens (tertiary/aromatic N) is 1. The normalized spacial score (nSPS) is 13.2. The average Bonchev–Trinajstić information content (AvgIpc) is 2.45. The van der Waals surface area contributed by atoms with E-state index in [-0.39, 0.29) is 35.6 Å². The molecule has 0 saturated heterocycles. The quantitative estimate of drug-likeness (QED) is 0.821. The Balaban J connectivity index is 0.00000225. The molecule has 8 heteroatoms. The summed E-state index contributed by atoms with van der Waals surface area (Å²) >= 11 is 0. The van der Waals surface area contributed by atoms with E-state index in [1.807, 2.05) is 0 Å². The summed E-state index contributed by atoms with van der Waals surface area (Å²) in [7, 11) is -3.58. The first kappa shape index (κ1) is 15.4. The van der Waals surface area contributed by atoms with Crippen molar-refractivity contribution in [3.63, 3.8) is 0 Å². The van der Waals surface area contributed by atoms with Gasteiger partial charge in [0.25, 0.3) is 0 Å². The SMILES string of the molecule is Cc1noc(C)c1S(=O)(=O)N[C@H](C)CN.Cl. The molecule has 1 atom stereocenters. The van der Waals surface area contributed by atoms with Gasteiger partial charge in [-0.2, -0.15) is 0 Å². The van der Waals surface area contributed by atoms with Gasteiger partial charge in [-0.15, -0.1) is 12.4 Å². The molecule has 0 spiro atoms. The van der Waals surface area contributed by atoms with Gasteiger partial charge >= 0.3 is 0 Å². The Morgan fingerprint density at radius 2 is 2.06 bits per heavy atom. The third-order valence-corrected chi connectivity index (χ3v) is 3.78. The first-order chi connectivity index (χ1) is 6.88. The first-order valence-corrected chi connectivity index (χ1v) is 6.02. The van der Waals surface area contributed by atoms with Crippen LogP contribution in [0.3, 0.4) is 0 Å². The summed E-state index contributed by atoms with van der Waals surface area (Å²) in [6.07, 6.45) is 0. The van der Waals surface area contributed by atoms with Crippen LogP contribution in [0.5, 0.6) is 0 Å². The molecule has 6 nitrogen and oxygen atoms in total. The van der Waals surface area contributed by atoms with Gasteiger partial charge in [-0.05, 0) is 20.8 Å². The van der Waals surface area contributed by atoms with E-state index in [1.54, 1.807) is 20.8 Å². The van der Waals surface area contributed by atoms with E-state index in [2.05, 4.69) is 9.88 Å². The fraction of sp³-hybridized carbons (Fsp3) is 0.625. The fourth-order valence-electron chi connectivity index (χ4n) is 1.23. The van der Waals surface area contributed by atoms with Gasteiger partial charge < -0.3 is 10.3 Å². The predicted molar refractivity (Wildman–Crippen MR) is 62.1 cm³/mol. The van der Waals surface area contributed by atoms with Crippen molar-refractivity contribution in [2.75, 3.05) is 6.54 Å². The second kappa shape index (κ2) is 5.62. The summed E-state index contributed by atoms with van der Waals surface area (Å²) in [5.41, 5.74) is 5.69. The Kier molecular flexibility index (Phi) is 5.40. The third-order valence-electron chi connectivity index (χ3n) is 1.95. The number of rotatable bonds is 4. The summed E-state index contributed by atoms with van der Waals surface area (Å²) < 4.78 is 30.9. The summed E-state index contributed by atoms with van der Waals surface area (Å²) in [4.78, 5) is 0.0998. The van der Waals surface area contributed by atoms with E-state index in [0.717, 1.165) is 0 Å². The predicted octanol–water partition coefficient (Wildman–Crippen LogP) is 0.339. The minimum atomic E-state index is -3.58. The molecule has 0 aliphatic rings. The molecule has 16 heavy (non-hydrogen) atoms. The fourth-order valence-corrected chi connectivity index (χ4v) is 2.82. The van der Waals surface area contributed by atoms with Gasteiger partial charge in [-0.25, -0.2) is 13.1 Å². The molecule has 0 aliphatic heterocycles. The van der Waals surface area contributed by atoms with Crippen LogP contribution in [0.2, 0.25) is 0 Å². The van der Waals surface area contributed by atoms with Crippen LogP contribution in [0.25, 0.3) is 0 Å². The van der Waals surface area contributed by atoms with Crippen LogP contribution < -0.4 is 10.5 Å². The Morgan fingerprint density at radius 1 is 1.50 bits per heavy atom. The smallest absolute Gasteiger partial charge is 0.246 e. The molecule has 0 aromatic carbocycles. The second-order valence-corrected chi connectivity index (χ2v) is 5.06. The van der Waals surface area contributed by atoms with E-state index in [1.165, 1.54) is 0 Å². The van der Waals surface area contributed by atoms with Crippen LogP contribution in [0.15, 0.2) is 9.42 Å². The molecule has 0 bridgehead atoms. The third kappa shape index (κ3) is 3.18. The largest absolute Gasteiger partial charge is 0.360 e. The van der Waals surface area contributed by atoms with Crippen molar-refractivity contribution in [1.29, 1.82) is 0 Å². The van der Waals surface area contributed by atoms with Gasteiger partial charge in [0.2, 0.25) is 10.0 Å². The number of sulfonamides is 1. The standard InChI is InChI=1S/C8H15N3O3S.ClH/c1-5(4-9)11-15(12,13)8-6(2)10-14-7(8)3;/h5,11H,4,9H2,1-3H3;1H/t5-;/m1./s1. The maximum Gasteiger partial charge on any atom is 0.246 e. The van der Waals surface area contributed by atoms with Crippen molar-refractivity contribution in [2.24, 2.45) is 5.73 Å². The number of aryl methyl sites for hydroxylation is 2. The molecule has 0 aliphatic carbocycles. The van der Waals surface area contributed by atoms with Crippen molar-refractivity contribution in [3.05, 3.63) is 11.5 Å². The number of halogens is 1. The average molecular weight is 270 g/mol. The van der Waals surface area contributed by atoms with Crippen molar-refractivity contribution >= 4 is 22.4 Å². The van der Waals surface area contributed by atoms with Gasteiger partial charge in [0, 0.05) is 12.6 Å². The van der Waals surface area contributed by atoms with Crippen molar-refractivity contribution < 1.29 is 12.9 Å². The van der Waals surface area contributed by atoms with Crippen LogP contribution >= 0.6 is 12.4 Å². The van der Waals surface area contributed by atoms with Crippen molar-refractivity contribution in [2.45, 2.75) is 31.7 Å². The molecule has 1 rings (SSSR count). The number of hydrogen-bond acceptors (Lipinski definition) is 5. The summed E-state index contributed by atoms with van der Waals surface area (Å²) in [5, 5.41) is 3.59. The highest BCUT2D eigenvalue weighted by molar-refractivity contribution is 7.89. The van der Waals surface area contributed by atoms with E-state index < -0.39 is 10.0 Å². The summed E-state index contributed by atoms with van der Waals surface area (Å²) in [6.45, 7) is 5.07. The first-order valence-electron chi connectivity index (χ1n) is 4.53. The number of hydrogen-bond donors (Lipinski definition) is 2. The molecule has 0 unspecified atom stereocenters. The highest BCUT2D eigenvalue weighted by atomic mass is 35.5. The number of nitrogens with two attached hydrogens (primary N) is 1. The van der Waals surface area contributed by atoms with Gasteiger partial charge in [-0.1, -0.05) is 5.16 Å². The molecular weight excluding hydrogens is 254 g/mol. The highest BCUT2D eigenvalue weighted by Gasteiger charge is 2.25. The molecule has 0 fully saturated rings. The maximum absolute atomic E-state index is 11.8. The molecule has 1 heterocycles. The minimum absolute atomic E-state index is 0. The zero-order valence-electron chi connectivity index (χ0n) is 9.35.